The van der Waals surface area contributed by atoms with Crippen LogP contribution in [0.1, 0.15) is 44.9 Å². The number of hydrogen-bond donors (Lipinski definition) is 3. The van der Waals surface area contributed by atoms with Gasteiger partial charge < -0.3 is 10.2 Å². The summed E-state index contributed by atoms with van der Waals surface area (Å²) < 4.78 is 27.4. The zero-order chi connectivity index (χ0) is 19.9. The summed E-state index contributed by atoms with van der Waals surface area (Å²) in [6.07, 6.45) is 7.26. The molecule has 8 nitrogen and oxygen atoms in total. The molecule has 1 aliphatic rings. The first-order valence-corrected chi connectivity index (χ1v) is 11.1. The highest BCUT2D eigenvalue weighted by Crippen LogP contribution is 2.30. The van der Waals surface area contributed by atoms with Crippen molar-refractivity contribution >= 4 is 21.4 Å². The Hall–Kier alpha value is -1.71. The minimum atomic E-state index is -3.76. The number of nitro groups is 1. The lowest BCUT2D eigenvalue weighted by Gasteiger charge is -2.18. The van der Waals surface area contributed by atoms with Crippen LogP contribution in [0.15, 0.2) is 23.1 Å². The summed E-state index contributed by atoms with van der Waals surface area (Å²) in [4.78, 5) is 12.1. The quantitative estimate of drug-likeness (QED) is 0.253. The highest BCUT2D eigenvalue weighted by atomic mass is 32.2. The summed E-state index contributed by atoms with van der Waals surface area (Å²) >= 11 is 0. The third kappa shape index (κ3) is 6.75. The van der Waals surface area contributed by atoms with E-state index in [1.54, 1.807) is 0 Å². The summed E-state index contributed by atoms with van der Waals surface area (Å²) in [6, 6.07) is 4.30. The Morgan fingerprint density at radius 1 is 1.19 bits per heavy atom. The largest absolute Gasteiger partial charge is 0.377 e. The van der Waals surface area contributed by atoms with Gasteiger partial charge in [0, 0.05) is 25.1 Å². The molecule has 1 aliphatic carbocycles. The molecule has 0 bridgehead atoms. The maximum atomic E-state index is 12.4. The van der Waals surface area contributed by atoms with Crippen molar-refractivity contribution < 1.29 is 18.2 Å². The molecule has 0 unspecified atom stereocenters. The highest BCUT2D eigenvalue weighted by molar-refractivity contribution is 7.89. The number of quaternary nitrogens is 1. The van der Waals surface area contributed by atoms with Gasteiger partial charge in [0.1, 0.15) is 5.69 Å². The molecule has 0 radical (unpaired) electrons. The average molecular weight is 400 g/mol. The van der Waals surface area contributed by atoms with Gasteiger partial charge >= 0.3 is 0 Å². The van der Waals surface area contributed by atoms with Gasteiger partial charge in [-0.3, -0.25) is 10.1 Å². The van der Waals surface area contributed by atoms with E-state index >= 15 is 0 Å². The number of nitrogens with zero attached hydrogens (tertiary/aromatic N) is 1. The molecular weight excluding hydrogens is 368 g/mol. The van der Waals surface area contributed by atoms with E-state index in [4.69, 9.17) is 0 Å². The number of sulfonamides is 1. The van der Waals surface area contributed by atoms with Crippen LogP contribution in [0.5, 0.6) is 0 Å². The van der Waals surface area contributed by atoms with Crippen molar-refractivity contribution in [2.75, 3.05) is 32.5 Å². The van der Waals surface area contributed by atoms with Crippen molar-refractivity contribution in [2.45, 2.75) is 55.9 Å². The van der Waals surface area contributed by atoms with E-state index in [9.17, 15) is 18.5 Å². The number of anilines is 1. The standard InChI is InChI=1S/C18H30N4O4S/c1-21(2)13-7-12-19-27(25,26)16-10-11-17(18(14-16)22(23)24)20-15-8-5-3-4-6-9-15/h10-11,14-15,19-20H,3-9,12-13H2,1-2H3/p+1. The third-order valence-corrected chi connectivity index (χ3v) is 6.30. The molecule has 0 aliphatic heterocycles. The van der Waals surface area contributed by atoms with E-state index in [0.717, 1.165) is 38.3 Å². The van der Waals surface area contributed by atoms with E-state index in [1.807, 2.05) is 14.1 Å². The van der Waals surface area contributed by atoms with E-state index in [-0.39, 0.29) is 16.6 Å². The van der Waals surface area contributed by atoms with Crippen molar-refractivity contribution in [1.82, 2.24) is 4.72 Å². The second-order valence-electron chi connectivity index (χ2n) is 7.48. The van der Waals surface area contributed by atoms with E-state index < -0.39 is 14.9 Å². The van der Waals surface area contributed by atoms with E-state index in [1.165, 1.54) is 29.9 Å². The molecule has 0 atom stereocenters. The molecule has 1 fully saturated rings. The van der Waals surface area contributed by atoms with Crippen LogP contribution in [0, 0.1) is 10.1 Å². The highest BCUT2D eigenvalue weighted by Gasteiger charge is 2.23. The fourth-order valence-electron chi connectivity index (χ4n) is 3.33. The van der Waals surface area contributed by atoms with Gasteiger partial charge in [0.15, 0.2) is 0 Å². The minimum absolute atomic E-state index is 0.0715. The second kappa shape index (κ2) is 10.0. The van der Waals surface area contributed by atoms with Gasteiger partial charge in [-0.25, -0.2) is 13.1 Å². The Kier molecular flexibility index (Phi) is 8.00. The summed E-state index contributed by atoms with van der Waals surface area (Å²) in [5, 5.41) is 14.7. The van der Waals surface area contributed by atoms with Crippen molar-refractivity contribution in [2.24, 2.45) is 0 Å². The Bertz CT molecular complexity index is 729. The predicted octanol–water partition coefficient (Wildman–Crippen LogP) is 1.54. The predicted molar refractivity (Wildman–Crippen MR) is 106 cm³/mol. The molecule has 2 rings (SSSR count). The third-order valence-electron chi connectivity index (χ3n) is 4.84. The molecular formula is C18H31N4O4S+. The fraction of sp³-hybridized carbons (Fsp3) is 0.667. The smallest absolute Gasteiger partial charge is 0.293 e. The van der Waals surface area contributed by atoms with Gasteiger partial charge in [-0.1, -0.05) is 25.7 Å². The number of nitro benzene ring substituents is 1. The van der Waals surface area contributed by atoms with Gasteiger partial charge in [0.05, 0.1) is 30.5 Å². The van der Waals surface area contributed by atoms with Crippen LogP contribution >= 0.6 is 0 Å². The van der Waals surface area contributed by atoms with Gasteiger partial charge in [-0.2, -0.15) is 0 Å². The molecule has 27 heavy (non-hydrogen) atoms. The van der Waals surface area contributed by atoms with Crippen LogP contribution in [0.4, 0.5) is 11.4 Å². The normalized spacial score (nSPS) is 16.3. The molecule has 0 aromatic heterocycles. The summed E-state index contributed by atoms with van der Waals surface area (Å²) in [5.41, 5.74) is 0.196. The van der Waals surface area contributed by atoms with Crippen molar-refractivity contribution in [1.29, 1.82) is 0 Å². The molecule has 3 N–H and O–H groups in total. The van der Waals surface area contributed by atoms with Crippen molar-refractivity contribution in [3.8, 4) is 0 Å². The first kappa shape index (κ1) is 21.6. The maximum absolute atomic E-state index is 12.4. The van der Waals surface area contributed by atoms with Gasteiger partial charge in [-0.05, 0) is 25.0 Å². The monoisotopic (exact) mass is 399 g/mol. The summed E-state index contributed by atoms with van der Waals surface area (Å²) in [6.45, 7) is 1.15. The number of rotatable bonds is 9. The first-order valence-electron chi connectivity index (χ1n) is 9.63. The SMILES string of the molecule is C[NH+](C)CCCNS(=O)(=O)c1ccc(NC2CCCCCC2)c([N+](=O)[O-])c1. The van der Waals surface area contributed by atoms with Crippen LogP contribution in [0.2, 0.25) is 0 Å². The zero-order valence-corrected chi connectivity index (χ0v) is 17.0. The Balaban J connectivity index is 2.12. The first-order chi connectivity index (χ1) is 12.8. The molecule has 0 spiro atoms. The second-order valence-corrected chi connectivity index (χ2v) is 9.24. The Morgan fingerprint density at radius 2 is 1.85 bits per heavy atom. The summed E-state index contributed by atoms with van der Waals surface area (Å²) in [7, 11) is 0.234. The molecule has 152 valence electrons. The Morgan fingerprint density at radius 3 is 2.44 bits per heavy atom. The van der Waals surface area contributed by atoms with Gasteiger partial charge in [0.2, 0.25) is 10.0 Å². The average Bonchev–Trinajstić information content (AvgIpc) is 2.87. The van der Waals surface area contributed by atoms with Crippen LogP contribution < -0.4 is 14.9 Å². The fourth-order valence-corrected chi connectivity index (χ4v) is 4.42. The molecule has 9 heteroatoms. The molecule has 0 amide bonds. The van der Waals surface area contributed by atoms with Crippen LogP contribution in [-0.2, 0) is 10.0 Å². The van der Waals surface area contributed by atoms with Gasteiger partial charge in [0.25, 0.3) is 5.69 Å². The van der Waals surface area contributed by atoms with E-state index in [0.29, 0.717) is 18.7 Å². The molecule has 1 aromatic rings. The number of hydrogen-bond acceptors (Lipinski definition) is 5. The number of benzene rings is 1. The molecule has 1 saturated carbocycles. The maximum Gasteiger partial charge on any atom is 0.293 e. The van der Waals surface area contributed by atoms with Crippen LogP contribution in [-0.4, -0.2) is 46.6 Å². The van der Waals surface area contributed by atoms with Gasteiger partial charge in [-0.15, -0.1) is 0 Å². The molecule has 0 saturated heterocycles. The molecule has 0 heterocycles. The molecule has 1 aromatic carbocycles. The van der Waals surface area contributed by atoms with Crippen LogP contribution in [0.3, 0.4) is 0 Å². The summed E-state index contributed by atoms with van der Waals surface area (Å²) in [5.74, 6) is 0. The van der Waals surface area contributed by atoms with Crippen LogP contribution in [0.25, 0.3) is 0 Å². The van der Waals surface area contributed by atoms with E-state index in [2.05, 4.69) is 10.0 Å². The zero-order valence-electron chi connectivity index (χ0n) is 16.2. The lowest BCUT2D eigenvalue weighted by Crippen LogP contribution is -3.05. The Labute approximate surface area is 161 Å². The lowest BCUT2D eigenvalue weighted by molar-refractivity contribution is -0.858. The minimum Gasteiger partial charge on any atom is -0.377 e. The van der Waals surface area contributed by atoms with Crippen molar-refractivity contribution in [3.63, 3.8) is 0 Å². The topological polar surface area (TPSA) is 106 Å². The lowest BCUT2D eigenvalue weighted by atomic mass is 10.1. The number of nitrogens with one attached hydrogen (secondary N) is 3. The van der Waals surface area contributed by atoms with Crippen molar-refractivity contribution in [3.05, 3.63) is 28.3 Å².